The zero-order valence-electron chi connectivity index (χ0n) is 19.8. The Morgan fingerprint density at radius 2 is 2.06 bits per heavy atom. The average molecular weight is 463 g/mol. The SMILES string of the molecule is C=CCOc1cccc([C@@H]2C(=C(O)c3ccc4c(c3)C[C@@H](C)O4)C(=O)C(=O)N2CCN(C)C)c1. The van der Waals surface area contributed by atoms with Gasteiger partial charge in [0.25, 0.3) is 11.7 Å². The molecule has 4 rings (SSSR count). The fourth-order valence-electron chi connectivity index (χ4n) is 4.42. The number of nitrogens with zero attached hydrogens (tertiary/aromatic N) is 2. The van der Waals surface area contributed by atoms with Gasteiger partial charge in [-0.1, -0.05) is 24.8 Å². The number of fused-ring (bicyclic) bond motifs is 1. The molecular formula is C27H30N2O5. The largest absolute Gasteiger partial charge is 0.507 e. The second-order valence-corrected chi connectivity index (χ2v) is 8.92. The lowest BCUT2D eigenvalue weighted by molar-refractivity contribution is -0.140. The fourth-order valence-corrected chi connectivity index (χ4v) is 4.42. The molecule has 178 valence electrons. The summed E-state index contributed by atoms with van der Waals surface area (Å²) in [5.41, 5.74) is 2.23. The summed E-state index contributed by atoms with van der Waals surface area (Å²) in [6.07, 6.45) is 2.43. The number of benzene rings is 2. The highest BCUT2D eigenvalue weighted by atomic mass is 16.5. The fraction of sp³-hybridized carbons (Fsp3) is 0.333. The Balaban J connectivity index is 1.80. The van der Waals surface area contributed by atoms with E-state index in [2.05, 4.69) is 6.58 Å². The number of likely N-dealkylation sites (N-methyl/N-ethyl adjacent to an activating group) is 1. The van der Waals surface area contributed by atoms with Gasteiger partial charge in [-0.15, -0.1) is 0 Å². The number of amides is 1. The van der Waals surface area contributed by atoms with E-state index in [-0.39, 0.29) is 17.4 Å². The first-order valence-corrected chi connectivity index (χ1v) is 11.4. The average Bonchev–Trinajstić information content (AvgIpc) is 3.31. The third kappa shape index (κ3) is 4.56. The van der Waals surface area contributed by atoms with Crippen LogP contribution in [0.5, 0.6) is 11.5 Å². The van der Waals surface area contributed by atoms with Crippen LogP contribution in [0.1, 0.15) is 29.7 Å². The van der Waals surface area contributed by atoms with Crippen molar-refractivity contribution >= 4 is 17.4 Å². The second kappa shape index (κ2) is 9.73. The zero-order valence-corrected chi connectivity index (χ0v) is 19.8. The number of ether oxygens (including phenoxy) is 2. The first kappa shape index (κ1) is 23.6. The van der Waals surface area contributed by atoms with Crippen molar-refractivity contribution < 1.29 is 24.2 Å². The number of rotatable bonds is 8. The van der Waals surface area contributed by atoms with Crippen LogP contribution in [0, 0.1) is 0 Å². The smallest absolute Gasteiger partial charge is 0.295 e. The predicted octanol–water partition coefficient (Wildman–Crippen LogP) is 3.56. The second-order valence-electron chi connectivity index (χ2n) is 8.92. The minimum absolute atomic E-state index is 0.0577. The van der Waals surface area contributed by atoms with Crippen molar-refractivity contribution in [2.75, 3.05) is 33.8 Å². The topological polar surface area (TPSA) is 79.3 Å². The van der Waals surface area contributed by atoms with E-state index >= 15 is 0 Å². The van der Waals surface area contributed by atoms with E-state index in [0.717, 1.165) is 17.7 Å². The molecule has 1 saturated heterocycles. The Hall–Kier alpha value is -3.58. The Labute approximate surface area is 199 Å². The lowest BCUT2D eigenvalue weighted by Crippen LogP contribution is -2.35. The van der Waals surface area contributed by atoms with Crippen molar-refractivity contribution in [3.63, 3.8) is 0 Å². The van der Waals surface area contributed by atoms with Crippen LogP contribution < -0.4 is 9.47 Å². The molecule has 7 heteroatoms. The highest BCUT2D eigenvalue weighted by Crippen LogP contribution is 2.41. The Morgan fingerprint density at radius 3 is 2.79 bits per heavy atom. The molecule has 2 aromatic carbocycles. The molecule has 0 spiro atoms. The molecule has 2 heterocycles. The number of hydrogen-bond donors (Lipinski definition) is 1. The minimum atomic E-state index is -0.726. The van der Waals surface area contributed by atoms with Crippen molar-refractivity contribution in [2.45, 2.75) is 25.5 Å². The number of carbonyl (C=O) groups is 2. The van der Waals surface area contributed by atoms with Gasteiger partial charge in [0.2, 0.25) is 0 Å². The van der Waals surface area contributed by atoms with Crippen LogP contribution in [0.15, 0.2) is 60.7 Å². The highest BCUT2D eigenvalue weighted by molar-refractivity contribution is 6.46. The number of ketones is 1. The van der Waals surface area contributed by atoms with E-state index in [4.69, 9.17) is 9.47 Å². The van der Waals surface area contributed by atoms with Crippen molar-refractivity contribution in [1.82, 2.24) is 9.80 Å². The van der Waals surface area contributed by atoms with Crippen LogP contribution in [0.3, 0.4) is 0 Å². The molecule has 0 saturated carbocycles. The lowest BCUT2D eigenvalue weighted by Gasteiger charge is -2.27. The number of Topliss-reactive ketones (excluding diaryl/α,β-unsaturated/α-hetero) is 1. The van der Waals surface area contributed by atoms with E-state index in [0.29, 0.717) is 36.6 Å². The number of aliphatic hydroxyl groups excluding tert-OH is 1. The highest BCUT2D eigenvalue weighted by Gasteiger charge is 2.46. The molecule has 1 amide bonds. The van der Waals surface area contributed by atoms with E-state index in [1.165, 1.54) is 4.90 Å². The summed E-state index contributed by atoms with van der Waals surface area (Å²) in [5.74, 6) is -0.124. The van der Waals surface area contributed by atoms with Crippen molar-refractivity contribution in [3.05, 3.63) is 77.4 Å². The summed E-state index contributed by atoms with van der Waals surface area (Å²) in [5, 5.41) is 11.3. The molecule has 1 N–H and O–H groups in total. The molecule has 0 unspecified atom stereocenters. The molecule has 2 aliphatic heterocycles. The van der Waals surface area contributed by atoms with Crippen LogP contribution in [0.2, 0.25) is 0 Å². The standard InChI is InChI=1S/C27H30N2O5/c1-5-13-33-21-8-6-7-18(16-21)24-23(26(31)27(32)29(24)12-11-28(3)4)25(30)19-9-10-22-20(15-19)14-17(2)34-22/h5-10,15-17,24,30H,1,11-14H2,2-4H3/t17-,24-/m1/s1. The molecule has 1 fully saturated rings. The van der Waals surface area contributed by atoms with Gasteiger partial charge in [-0.25, -0.2) is 0 Å². The molecule has 0 bridgehead atoms. The molecule has 34 heavy (non-hydrogen) atoms. The van der Waals surface area contributed by atoms with Gasteiger partial charge in [0.1, 0.15) is 30.0 Å². The Kier molecular flexibility index (Phi) is 6.75. The van der Waals surface area contributed by atoms with Gasteiger partial charge in [-0.3, -0.25) is 9.59 Å². The molecule has 0 aliphatic carbocycles. The van der Waals surface area contributed by atoms with Crippen LogP contribution >= 0.6 is 0 Å². The van der Waals surface area contributed by atoms with Crippen molar-refractivity contribution in [1.29, 1.82) is 0 Å². The number of carbonyl (C=O) groups excluding carboxylic acids is 2. The van der Waals surface area contributed by atoms with Crippen LogP contribution in [0.25, 0.3) is 5.76 Å². The van der Waals surface area contributed by atoms with Gasteiger partial charge < -0.3 is 24.4 Å². The van der Waals surface area contributed by atoms with Crippen LogP contribution in [0.4, 0.5) is 0 Å². The molecule has 2 aliphatic rings. The van der Waals surface area contributed by atoms with Crippen LogP contribution in [-0.4, -0.2) is 66.5 Å². The Bertz CT molecular complexity index is 1150. The summed E-state index contributed by atoms with van der Waals surface area (Å²) in [6, 6.07) is 11.9. The van der Waals surface area contributed by atoms with Gasteiger partial charge in [0.15, 0.2) is 0 Å². The predicted molar refractivity (Wildman–Crippen MR) is 130 cm³/mol. The summed E-state index contributed by atoms with van der Waals surface area (Å²) in [4.78, 5) is 29.8. The summed E-state index contributed by atoms with van der Waals surface area (Å²) >= 11 is 0. The first-order valence-electron chi connectivity index (χ1n) is 11.4. The maximum absolute atomic E-state index is 13.2. The molecular weight excluding hydrogens is 432 g/mol. The van der Waals surface area contributed by atoms with Gasteiger partial charge in [-0.05, 0) is 62.5 Å². The monoisotopic (exact) mass is 462 g/mol. The van der Waals surface area contributed by atoms with E-state index < -0.39 is 17.7 Å². The van der Waals surface area contributed by atoms with Crippen molar-refractivity contribution in [2.24, 2.45) is 0 Å². The number of hydrogen-bond acceptors (Lipinski definition) is 6. The number of likely N-dealkylation sites (tertiary alicyclic amines) is 1. The molecule has 2 atom stereocenters. The van der Waals surface area contributed by atoms with E-state index in [9.17, 15) is 14.7 Å². The third-order valence-corrected chi connectivity index (χ3v) is 6.04. The quantitative estimate of drug-likeness (QED) is 0.280. The van der Waals surface area contributed by atoms with Crippen molar-refractivity contribution in [3.8, 4) is 11.5 Å². The number of aliphatic hydroxyl groups is 1. The molecule has 0 radical (unpaired) electrons. The summed E-state index contributed by atoms with van der Waals surface area (Å²) in [6.45, 7) is 6.90. The Morgan fingerprint density at radius 1 is 1.26 bits per heavy atom. The van der Waals surface area contributed by atoms with E-state index in [1.807, 2.05) is 44.1 Å². The van der Waals surface area contributed by atoms with E-state index in [1.54, 1.807) is 30.3 Å². The van der Waals surface area contributed by atoms with Gasteiger partial charge in [-0.2, -0.15) is 0 Å². The van der Waals surface area contributed by atoms with Gasteiger partial charge in [0.05, 0.1) is 11.6 Å². The lowest BCUT2D eigenvalue weighted by atomic mass is 9.94. The van der Waals surface area contributed by atoms with Crippen LogP contribution in [-0.2, 0) is 16.0 Å². The maximum Gasteiger partial charge on any atom is 0.295 e. The molecule has 0 aromatic heterocycles. The first-order chi connectivity index (χ1) is 16.3. The van der Waals surface area contributed by atoms with Gasteiger partial charge in [0, 0.05) is 25.1 Å². The third-order valence-electron chi connectivity index (χ3n) is 6.04. The maximum atomic E-state index is 13.2. The minimum Gasteiger partial charge on any atom is -0.507 e. The van der Waals surface area contributed by atoms with Gasteiger partial charge >= 0.3 is 0 Å². The summed E-state index contributed by atoms with van der Waals surface area (Å²) in [7, 11) is 3.81. The zero-order chi connectivity index (χ0) is 24.4. The normalized spacial score (nSPS) is 21.0. The molecule has 2 aromatic rings. The molecule has 7 nitrogen and oxygen atoms in total. The summed E-state index contributed by atoms with van der Waals surface area (Å²) < 4.78 is 11.4.